The molecular weight excluding hydrogens is 190 g/mol. The Morgan fingerprint density at radius 3 is 2.93 bits per heavy atom. The minimum Gasteiger partial charge on any atom is -0.385 e. The number of rotatable bonds is 6. The summed E-state index contributed by atoms with van der Waals surface area (Å²) in [4.78, 5) is 8.56. The predicted molar refractivity (Wildman–Crippen MR) is 61.1 cm³/mol. The molecule has 0 aliphatic heterocycles. The van der Waals surface area contributed by atoms with Gasteiger partial charge in [-0.3, -0.25) is 0 Å². The molecule has 84 valence electrons. The fraction of sp³-hybridized carbons (Fsp3) is 0.636. The molecule has 0 radical (unpaired) electrons. The van der Waals surface area contributed by atoms with Crippen LogP contribution in [0.2, 0.25) is 0 Å². The van der Waals surface area contributed by atoms with Gasteiger partial charge in [-0.15, -0.1) is 0 Å². The fourth-order valence-corrected chi connectivity index (χ4v) is 1.20. The lowest BCUT2D eigenvalue weighted by Crippen LogP contribution is -2.08. The molecule has 0 aliphatic rings. The molecule has 4 heteroatoms. The molecule has 1 heterocycles. The van der Waals surface area contributed by atoms with Crippen molar-refractivity contribution in [1.29, 1.82) is 0 Å². The maximum Gasteiger partial charge on any atom is 0.222 e. The molecular formula is C11H19N3O. The molecule has 1 rings (SSSR count). The quantitative estimate of drug-likeness (QED) is 0.728. The fourth-order valence-electron chi connectivity index (χ4n) is 1.20. The molecule has 0 saturated heterocycles. The lowest BCUT2D eigenvalue weighted by molar-refractivity contribution is 0.197. The van der Waals surface area contributed by atoms with Gasteiger partial charge in [-0.2, -0.15) is 0 Å². The number of ether oxygens (including phenoxy) is 1. The highest BCUT2D eigenvalue weighted by Crippen LogP contribution is 2.11. The van der Waals surface area contributed by atoms with Crippen molar-refractivity contribution in [3.63, 3.8) is 0 Å². The third-order valence-corrected chi connectivity index (χ3v) is 2.08. The highest BCUT2D eigenvalue weighted by molar-refractivity contribution is 5.25. The van der Waals surface area contributed by atoms with Gasteiger partial charge in [-0.25, -0.2) is 9.97 Å². The molecule has 0 spiro atoms. The molecule has 0 aliphatic carbocycles. The standard InChI is InChI=1S/C11H19N3O/c1-9(2)10-5-7-13-11(14-10)12-6-4-8-15-3/h5,7,9H,4,6,8H2,1-3H3,(H,12,13,14). The number of hydrogen-bond donors (Lipinski definition) is 1. The van der Waals surface area contributed by atoms with Crippen molar-refractivity contribution in [1.82, 2.24) is 9.97 Å². The Hall–Kier alpha value is -1.16. The van der Waals surface area contributed by atoms with Crippen LogP contribution in [0.4, 0.5) is 5.95 Å². The van der Waals surface area contributed by atoms with Crippen LogP contribution in [-0.4, -0.2) is 30.2 Å². The zero-order chi connectivity index (χ0) is 11.1. The number of nitrogens with one attached hydrogen (secondary N) is 1. The average Bonchev–Trinajstić information content (AvgIpc) is 2.25. The summed E-state index contributed by atoms with van der Waals surface area (Å²) in [7, 11) is 1.70. The van der Waals surface area contributed by atoms with Crippen molar-refractivity contribution in [2.24, 2.45) is 0 Å². The summed E-state index contributed by atoms with van der Waals surface area (Å²) in [6, 6.07) is 1.95. The lowest BCUT2D eigenvalue weighted by Gasteiger charge is -2.07. The van der Waals surface area contributed by atoms with Crippen molar-refractivity contribution in [3.05, 3.63) is 18.0 Å². The van der Waals surface area contributed by atoms with E-state index in [2.05, 4.69) is 29.1 Å². The van der Waals surface area contributed by atoms with Crippen molar-refractivity contribution in [3.8, 4) is 0 Å². The Morgan fingerprint density at radius 1 is 1.47 bits per heavy atom. The van der Waals surface area contributed by atoms with Crippen LogP contribution in [0.25, 0.3) is 0 Å². The molecule has 0 atom stereocenters. The molecule has 15 heavy (non-hydrogen) atoms. The highest BCUT2D eigenvalue weighted by atomic mass is 16.5. The Kier molecular flexibility index (Phi) is 5.04. The second-order valence-electron chi connectivity index (χ2n) is 3.73. The van der Waals surface area contributed by atoms with Crippen molar-refractivity contribution in [2.45, 2.75) is 26.2 Å². The van der Waals surface area contributed by atoms with Gasteiger partial charge < -0.3 is 10.1 Å². The number of aromatic nitrogens is 2. The SMILES string of the molecule is COCCCNc1nccc(C(C)C)n1. The second kappa shape index (κ2) is 6.35. The lowest BCUT2D eigenvalue weighted by atomic mass is 10.1. The van der Waals surface area contributed by atoms with Gasteiger partial charge in [0, 0.05) is 32.2 Å². The summed E-state index contributed by atoms with van der Waals surface area (Å²) >= 11 is 0. The van der Waals surface area contributed by atoms with E-state index in [-0.39, 0.29) is 0 Å². The Balaban J connectivity index is 2.43. The number of anilines is 1. The topological polar surface area (TPSA) is 47.0 Å². The van der Waals surface area contributed by atoms with E-state index < -0.39 is 0 Å². The van der Waals surface area contributed by atoms with E-state index in [0.717, 1.165) is 25.3 Å². The minimum atomic E-state index is 0.438. The first-order chi connectivity index (χ1) is 7.24. The number of methoxy groups -OCH3 is 1. The highest BCUT2D eigenvalue weighted by Gasteiger charge is 2.02. The molecule has 0 amide bonds. The second-order valence-corrected chi connectivity index (χ2v) is 3.73. The first kappa shape index (κ1) is 11.9. The van der Waals surface area contributed by atoms with Gasteiger partial charge in [0.05, 0.1) is 0 Å². The van der Waals surface area contributed by atoms with E-state index >= 15 is 0 Å². The smallest absolute Gasteiger partial charge is 0.222 e. The van der Waals surface area contributed by atoms with Crippen molar-refractivity contribution < 1.29 is 4.74 Å². The van der Waals surface area contributed by atoms with Gasteiger partial charge in [-0.05, 0) is 18.4 Å². The molecule has 0 fully saturated rings. The third-order valence-electron chi connectivity index (χ3n) is 2.08. The van der Waals surface area contributed by atoms with Crippen LogP contribution in [0, 0.1) is 0 Å². The maximum absolute atomic E-state index is 4.96. The molecule has 0 bridgehead atoms. The van der Waals surface area contributed by atoms with Crippen molar-refractivity contribution in [2.75, 3.05) is 25.6 Å². The zero-order valence-corrected chi connectivity index (χ0v) is 9.66. The van der Waals surface area contributed by atoms with Crippen LogP contribution in [0.1, 0.15) is 31.9 Å². The third kappa shape index (κ3) is 4.25. The van der Waals surface area contributed by atoms with Crippen LogP contribution in [0.5, 0.6) is 0 Å². The van der Waals surface area contributed by atoms with Gasteiger partial charge in [-0.1, -0.05) is 13.8 Å². The minimum absolute atomic E-state index is 0.438. The summed E-state index contributed by atoms with van der Waals surface area (Å²) in [5, 5.41) is 3.17. The van der Waals surface area contributed by atoms with E-state index in [9.17, 15) is 0 Å². The largest absolute Gasteiger partial charge is 0.385 e. The first-order valence-corrected chi connectivity index (χ1v) is 5.29. The molecule has 0 aromatic carbocycles. The maximum atomic E-state index is 4.96. The van der Waals surface area contributed by atoms with Gasteiger partial charge in [0.2, 0.25) is 5.95 Å². The normalized spacial score (nSPS) is 10.7. The Labute approximate surface area is 91.1 Å². The summed E-state index contributed by atoms with van der Waals surface area (Å²) in [5.41, 5.74) is 1.07. The zero-order valence-electron chi connectivity index (χ0n) is 9.66. The Bertz CT molecular complexity index is 289. The molecule has 4 nitrogen and oxygen atoms in total. The van der Waals surface area contributed by atoms with E-state index in [4.69, 9.17) is 4.74 Å². The van der Waals surface area contributed by atoms with Crippen LogP contribution >= 0.6 is 0 Å². The van der Waals surface area contributed by atoms with Crippen LogP contribution < -0.4 is 5.32 Å². The predicted octanol–water partition coefficient (Wildman–Crippen LogP) is 2.05. The van der Waals surface area contributed by atoms with E-state index in [1.54, 1.807) is 13.3 Å². The average molecular weight is 209 g/mol. The summed E-state index contributed by atoms with van der Waals surface area (Å²) in [5.74, 6) is 1.14. The van der Waals surface area contributed by atoms with Gasteiger partial charge in [0.25, 0.3) is 0 Å². The molecule has 0 unspecified atom stereocenters. The molecule has 1 N–H and O–H groups in total. The van der Waals surface area contributed by atoms with E-state index in [1.807, 2.05) is 6.07 Å². The van der Waals surface area contributed by atoms with E-state index in [1.165, 1.54) is 0 Å². The first-order valence-electron chi connectivity index (χ1n) is 5.29. The van der Waals surface area contributed by atoms with Crippen LogP contribution in [0.3, 0.4) is 0 Å². The summed E-state index contributed by atoms with van der Waals surface area (Å²) in [6.07, 6.45) is 2.76. The summed E-state index contributed by atoms with van der Waals surface area (Å²) < 4.78 is 4.96. The van der Waals surface area contributed by atoms with Gasteiger partial charge >= 0.3 is 0 Å². The van der Waals surface area contributed by atoms with Gasteiger partial charge in [0.1, 0.15) is 0 Å². The van der Waals surface area contributed by atoms with Crippen molar-refractivity contribution >= 4 is 5.95 Å². The summed E-state index contributed by atoms with van der Waals surface area (Å²) in [6.45, 7) is 5.85. The number of hydrogen-bond acceptors (Lipinski definition) is 4. The molecule has 1 aromatic rings. The monoisotopic (exact) mass is 209 g/mol. The van der Waals surface area contributed by atoms with E-state index in [0.29, 0.717) is 11.9 Å². The van der Waals surface area contributed by atoms with Crippen LogP contribution in [-0.2, 0) is 4.74 Å². The van der Waals surface area contributed by atoms with Crippen LogP contribution in [0.15, 0.2) is 12.3 Å². The molecule has 1 aromatic heterocycles. The van der Waals surface area contributed by atoms with Gasteiger partial charge in [0.15, 0.2) is 0 Å². The Morgan fingerprint density at radius 2 is 2.27 bits per heavy atom. The molecule has 0 saturated carbocycles. The number of nitrogens with zero attached hydrogens (tertiary/aromatic N) is 2.